The molecule has 92 valence electrons. The first kappa shape index (κ1) is 15.4. The monoisotopic (exact) mass is 229 g/mol. The van der Waals surface area contributed by atoms with E-state index >= 15 is 0 Å². The number of nitrogens with zero attached hydrogens (tertiary/aromatic N) is 1. The van der Waals surface area contributed by atoms with Crippen LogP contribution in [0.15, 0.2) is 66.3 Å². The summed E-state index contributed by atoms with van der Waals surface area (Å²) in [6.45, 7) is 9.71. The smallest absolute Gasteiger partial charge is 0.0657 e. The van der Waals surface area contributed by atoms with Crippen LogP contribution in [0.4, 0.5) is 0 Å². The van der Waals surface area contributed by atoms with E-state index in [1.807, 2.05) is 44.2 Å². The van der Waals surface area contributed by atoms with Crippen molar-refractivity contribution in [3.8, 4) is 0 Å². The summed E-state index contributed by atoms with van der Waals surface area (Å²) in [6.07, 6.45) is 19.0. The highest BCUT2D eigenvalue weighted by molar-refractivity contribution is 5.92. The maximum atomic E-state index is 4.50. The molecule has 0 spiro atoms. The lowest BCUT2D eigenvalue weighted by molar-refractivity contribution is 0.926. The molecule has 0 aliphatic rings. The van der Waals surface area contributed by atoms with Gasteiger partial charge >= 0.3 is 0 Å². The van der Waals surface area contributed by atoms with Gasteiger partial charge in [0.05, 0.1) is 6.04 Å². The Labute approximate surface area is 106 Å². The molecule has 0 saturated carbocycles. The maximum Gasteiger partial charge on any atom is 0.0657 e. The van der Waals surface area contributed by atoms with E-state index in [4.69, 9.17) is 0 Å². The van der Waals surface area contributed by atoms with E-state index in [-0.39, 0.29) is 6.04 Å². The van der Waals surface area contributed by atoms with Crippen molar-refractivity contribution < 1.29 is 0 Å². The Kier molecular flexibility index (Phi) is 9.83. The molecule has 0 aliphatic heterocycles. The van der Waals surface area contributed by atoms with Gasteiger partial charge in [0, 0.05) is 5.71 Å². The summed E-state index contributed by atoms with van der Waals surface area (Å²) in [5.41, 5.74) is 1.06. The molecule has 0 aromatic heterocycles. The summed E-state index contributed by atoms with van der Waals surface area (Å²) in [7, 11) is 0. The molecule has 0 amide bonds. The topological polar surface area (TPSA) is 12.4 Å². The van der Waals surface area contributed by atoms with Crippen molar-refractivity contribution in [2.45, 2.75) is 33.2 Å². The van der Waals surface area contributed by atoms with Gasteiger partial charge in [0.25, 0.3) is 0 Å². The third-order valence-corrected chi connectivity index (χ3v) is 2.00. The lowest BCUT2D eigenvalue weighted by Gasteiger charge is -1.99. The molecule has 0 aliphatic carbocycles. The first-order valence-electron chi connectivity index (χ1n) is 5.98. The zero-order valence-corrected chi connectivity index (χ0v) is 11.1. The van der Waals surface area contributed by atoms with Gasteiger partial charge in [-0.05, 0) is 33.3 Å². The number of hydrogen-bond acceptors (Lipinski definition) is 1. The van der Waals surface area contributed by atoms with E-state index in [0.29, 0.717) is 0 Å². The van der Waals surface area contributed by atoms with Crippen LogP contribution in [0.25, 0.3) is 0 Å². The fourth-order valence-corrected chi connectivity index (χ4v) is 1.28. The first-order valence-corrected chi connectivity index (χ1v) is 5.98. The summed E-state index contributed by atoms with van der Waals surface area (Å²) < 4.78 is 0. The lowest BCUT2D eigenvalue weighted by atomic mass is 10.2. The quantitative estimate of drug-likeness (QED) is 0.445. The minimum absolute atomic E-state index is 0.222. The van der Waals surface area contributed by atoms with Crippen molar-refractivity contribution in [1.29, 1.82) is 0 Å². The maximum absolute atomic E-state index is 4.50. The van der Waals surface area contributed by atoms with Crippen molar-refractivity contribution in [2.24, 2.45) is 4.99 Å². The molecule has 1 unspecified atom stereocenters. The van der Waals surface area contributed by atoms with Gasteiger partial charge in [0.1, 0.15) is 0 Å². The van der Waals surface area contributed by atoms with E-state index in [9.17, 15) is 0 Å². The minimum Gasteiger partial charge on any atom is -0.283 e. The number of rotatable bonds is 7. The molecular formula is C16H23N. The van der Waals surface area contributed by atoms with Crippen molar-refractivity contribution in [1.82, 2.24) is 0 Å². The van der Waals surface area contributed by atoms with E-state index < -0.39 is 0 Å². The Bertz CT molecular complexity index is 341. The molecule has 0 N–H and O–H groups in total. The second-order valence-electron chi connectivity index (χ2n) is 3.72. The van der Waals surface area contributed by atoms with Gasteiger partial charge in [-0.1, -0.05) is 55.2 Å². The molecule has 0 fully saturated rings. The van der Waals surface area contributed by atoms with E-state index in [2.05, 4.69) is 36.7 Å². The van der Waals surface area contributed by atoms with Gasteiger partial charge in [-0.3, -0.25) is 4.99 Å². The normalized spacial score (nSPS) is 15.6. The Morgan fingerprint density at radius 3 is 2.59 bits per heavy atom. The van der Waals surface area contributed by atoms with E-state index in [0.717, 1.165) is 12.1 Å². The Morgan fingerprint density at radius 1 is 1.24 bits per heavy atom. The fourth-order valence-electron chi connectivity index (χ4n) is 1.28. The molecule has 0 aromatic carbocycles. The largest absolute Gasteiger partial charge is 0.283 e. The van der Waals surface area contributed by atoms with E-state index in [1.165, 1.54) is 0 Å². The average Bonchev–Trinajstić information content (AvgIpc) is 2.28. The molecule has 0 rings (SSSR count). The van der Waals surface area contributed by atoms with Gasteiger partial charge in [-0.25, -0.2) is 0 Å². The zero-order chi connectivity index (χ0) is 12.9. The number of allylic oxidation sites excluding steroid dienone is 8. The molecule has 0 saturated heterocycles. The van der Waals surface area contributed by atoms with Crippen molar-refractivity contribution in [2.75, 3.05) is 0 Å². The standard InChI is InChI=1S/C16H23N/c1-5-7-8-9-10-11-12-14-16(4)17-15(3)13-6-2/h5-8,10-14,16H,1,9H2,2-4H3/b8-7+,11-10-,13-6-,14-12-,17-15?. The van der Waals surface area contributed by atoms with Gasteiger partial charge in [-0.15, -0.1) is 0 Å². The Hall–Kier alpha value is -1.63. The fraction of sp³-hybridized carbons (Fsp3) is 0.312. The Balaban J connectivity index is 4.03. The summed E-state index contributed by atoms with van der Waals surface area (Å²) in [5, 5.41) is 0. The van der Waals surface area contributed by atoms with Crippen molar-refractivity contribution >= 4 is 5.71 Å². The third-order valence-electron chi connectivity index (χ3n) is 2.00. The molecular weight excluding hydrogens is 206 g/mol. The van der Waals surface area contributed by atoms with Crippen LogP contribution in [-0.4, -0.2) is 11.8 Å². The number of aliphatic imine (C=N–C) groups is 1. The molecule has 0 heterocycles. The highest BCUT2D eigenvalue weighted by Gasteiger charge is 1.90. The molecule has 0 bridgehead atoms. The van der Waals surface area contributed by atoms with Gasteiger partial charge in [0.2, 0.25) is 0 Å². The SMILES string of the molecule is C=C/C=C/C/C=C\C=C/C(C)N=C(C)/C=C\C. The second kappa shape index (κ2) is 10.9. The summed E-state index contributed by atoms with van der Waals surface area (Å²) in [6, 6.07) is 0.222. The van der Waals surface area contributed by atoms with Crippen molar-refractivity contribution in [3.05, 3.63) is 61.3 Å². The summed E-state index contributed by atoms with van der Waals surface area (Å²) in [4.78, 5) is 4.50. The summed E-state index contributed by atoms with van der Waals surface area (Å²) >= 11 is 0. The van der Waals surface area contributed by atoms with Crippen molar-refractivity contribution in [3.63, 3.8) is 0 Å². The zero-order valence-electron chi connectivity index (χ0n) is 11.1. The third kappa shape index (κ3) is 10.6. The van der Waals surface area contributed by atoms with Crippen LogP contribution >= 0.6 is 0 Å². The van der Waals surface area contributed by atoms with Crippen LogP contribution in [0.2, 0.25) is 0 Å². The van der Waals surface area contributed by atoms with Crippen LogP contribution in [0.3, 0.4) is 0 Å². The van der Waals surface area contributed by atoms with E-state index in [1.54, 1.807) is 6.08 Å². The van der Waals surface area contributed by atoms with Crippen LogP contribution in [0.1, 0.15) is 27.2 Å². The molecule has 0 radical (unpaired) electrons. The van der Waals surface area contributed by atoms with Crippen LogP contribution in [0.5, 0.6) is 0 Å². The van der Waals surface area contributed by atoms with Gasteiger partial charge < -0.3 is 0 Å². The molecule has 1 nitrogen and oxygen atoms in total. The van der Waals surface area contributed by atoms with Gasteiger partial charge in [0.15, 0.2) is 0 Å². The molecule has 1 heteroatoms. The predicted molar refractivity (Wildman–Crippen MR) is 79.6 cm³/mol. The van der Waals surface area contributed by atoms with Crippen LogP contribution < -0.4 is 0 Å². The Morgan fingerprint density at radius 2 is 1.94 bits per heavy atom. The van der Waals surface area contributed by atoms with Crippen LogP contribution in [-0.2, 0) is 0 Å². The second-order valence-corrected chi connectivity index (χ2v) is 3.72. The molecule has 1 atom stereocenters. The van der Waals surface area contributed by atoms with Gasteiger partial charge in [-0.2, -0.15) is 0 Å². The minimum atomic E-state index is 0.222. The lowest BCUT2D eigenvalue weighted by Crippen LogP contribution is -1.96. The highest BCUT2D eigenvalue weighted by atomic mass is 14.8. The predicted octanol–water partition coefficient (Wildman–Crippen LogP) is 4.66. The van der Waals surface area contributed by atoms with Crippen LogP contribution in [0, 0.1) is 0 Å². The molecule has 17 heavy (non-hydrogen) atoms. The first-order chi connectivity index (χ1) is 8.20. The molecule has 0 aromatic rings. The average molecular weight is 229 g/mol. The summed E-state index contributed by atoms with van der Waals surface area (Å²) in [5.74, 6) is 0. The highest BCUT2D eigenvalue weighted by Crippen LogP contribution is 1.96. The number of hydrogen-bond donors (Lipinski definition) is 0.